The molecule has 0 saturated heterocycles. The Bertz CT molecular complexity index is 800. The van der Waals surface area contributed by atoms with E-state index < -0.39 is 20.8 Å². The van der Waals surface area contributed by atoms with Gasteiger partial charge in [-0.15, -0.1) is 0 Å². The molecule has 2 aromatic carbocycles. The van der Waals surface area contributed by atoms with Crippen LogP contribution in [0.25, 0.3) is 0 Å². The van der Waals surface area contributed by atoms with Crippen molar-refractivity contribution in [3.05, 3.63) is 48.0 Å². The monoisotopic (exact) mass is 378 g/mol. The smallest absolute Gasteiger partial charge is 0.298 e. The van der Waals surface area contributed by atoms with E-state index in [0.717, 1.165) is 19.3 Å². The van der Waals surface area contributed by atoms with Gasteiger partial charge in [0.05, 0.1) is 0 Å². The van der Waals surface area contributed by atoms with Crippen LogP contribution in [0.15, 0.2) is 47.4 Å². The van der Waals surface area contributed by atoms with E-state index in [4.69, 9.17) is 4.74 Å². The van der Waals surface area contributed by atoms with Crippen LogP contribution >= 0.6 is 0 Å². The predicted molar refractivity (Wildman–Crippen MR) is 102 cm³/mol. The minimum absolute atomic E-state index is 0.398. The van der Waals surface area contributed by atoms with Gasteiger partial charge in [-0.2, -0.15) is 8.42 Å². The van der Waals surface area contributed by atoms with Crippen molar-refractivity contribution >= 4 is 10.1 Å². The van der Waals surface area contributed by atoms with Crippen LogP contribution in [0.4, 0.5) is 0 Å². The van der Waals surface area contributed by atoms with Crippen LogP contribution in [0, 0.1) is 0 Å². The second kappa shape index (κ2) is 9.59. The summed E-state index contributed by atoms with van der Waals surface area (Å²) in [7, 11) is -4.49. The van der Waals surface area contributed by atoms with Gasteiger partial charge in [0.1, 0.15) is 22.1 Å². The molecule has 0 atom stereocenters. The summed E-state index contributed by atoms with van der Waals surface area (Å²) in [5.74, 6) is 0.468. The predicted octanol–water partition coefficient (Wildman–Crippen LogP) is 5.33. The molecule has 0 fully saturated rings. The highest BCUT2D eigenvalue weighted by Gasteiger charge is 2.19. The van der Waals surface area contributed by atoms with Crippen molar-refractivity contribution in [2.24, 2.45) is 0 Å². The van der Waals surface area contributed by atoms with Gasteiger partial charge in [-0.25, -0.2) is 0 Å². The lowest BCUT2D eigenvalue weighted by Crippen LogP contribution is -2.02. The van der Waals surface area contributed by atoms with Crippen molar-refractivity contribution in [1.29, 1.82) is 0 Å². The summed E-state index contributed by atoms with van der Waals surface area (Å²) in [6.07, 6.45) is 7.25. The zero-order valence-corrected chi connectivity index (χ0v) is 15.8. The molecule has 142 valence electrons. The average molecular weight is 378 g/mol. The lowest BCUT2D eigenvalue weighted by atomic mass is 10.0. The maximum atomic E-state index is 11.5. The number of para-hydroxylation sites is 1. The zero-order valence-electron chi connectivity index (χ0n) is 15.0. The number of rotatable bonds is 10. The molecule has 0 bridgehead atoms. The molecule has 0 radical (unpaired) electrons. The number of unbranched alkanes of at least 4 members (excludes halogenated alkanes) is 5. The first-order valence-corrected chi connectivity index (χ1v) is 10.4. The van der Waals surface area contributed by atoms with Gasteiger partial charge in [-0.05, 0) is 36.6 Å². The van der Waals surface area contributed by atoms with E-state index in [0.29, 0.717) is 23.5 Å². The fraction of sp³-hybridized carbons (Fsp3) is 0.400. The highest BCUT2D eigenvalue weighted by Crippen LogP contribution is 2.35. The van der Waals surface area contributed by atoms with Crippen LogP contribution in [0.2, 0.25) is 0 Å². The summed E-state index contributed by atoms with van der Waals surface area (Å²) in [4.78, 5) is -0.487. The zero-order chi connectivity index (χ0) is 19.0. The lowest BCUT2D eigenvalue weighted by molar-refractivity contribution is 0.430. The number of ether oxygens (including phenoxy) is 1. The molecule has 0 heterocycles. The Hall–Kier alpha value is -2.05. The first kappa shape index (κ1) is 20.3. The number of hydrogen-bond donors (Lipinski definition) is 2. The summed E-state index contributed by atoms with van der Waals surface area (Å²) in [6, 6.07) is 11.6. The first-order valence-electron chi connectivity index (χ1n) is 8.98. The molecule has 0 unspecified atom stereocenters. The second-order valence-corrected chi connectivity index (χ2v) is 7.73. The number of aryl methyl sites for hydroxylation is 1. The van der Waals surface area contributed by atoms with Crippen LogP contribution in [0.5, 0.6) is 17.2 Å². The Morgan fingerprint density at radius 1 is 0.962 bits per heavy atom. The normalized spacial score (nSPS) is 11.5. The second-order valence-electron chi connectivity index (χ2n) is 6.34. The van der Waals surface area contributed by atoms with Crippen molar-refractivity contribution in [2.45, 2.75) is 56.8 Å². The van der Waals surface area contributed by atoms with Gasteiger partial charge in [-0.3, -0.25) is 4.55 Å². The third kappa shape index (κ3) is 6.04. The fourth-order valence-corrected chi connectivity index (χ4v) is 3.41. The highest BCUT2D eigenvalue weighted by molar-refractivity contribution is 7.86. The minimum atomic E-state index is -4.49. The largest absolute Gasteiger partial charge is 0.506 e. The number of phenolic OH excluding ortho intramolecular Hbond substituents is 1. The van der Waals surface area contributed by atoms with E-state index in [9.17, 15) is 18.1 Å². The van der Waals surface area contributed by atoms with Crippen LogP contribution < -0.4 is 4.74 Å². The molecule has 0 spiro atoms. The molecule has 0 aliphatic rings. The molecule has 6 heteroatoms. The Kier molecular flexibility index (Phi) is 7.48. The Balaban J connectivity index is 2.20. The van der Waals surface area contributed by atoms with Gasteiger partial charge >= 0.3 is 0 Å². The Morgan fingerprint density at radius 3 is 2.27 bits per heavy atom. The first-order chi connectivity index (χ1) is 12.4. The van der Waals surface area contributed by atoms with Crippen molar-refractivity contribution < 1.29 is 22.8 Å². The van der Waals surface area contributed by atoms with Crippen LogP contribution in [-0.4, -0.2) is 18.1 Å². The van der Waals surface area contributed by atoms with Crippen LogP contribution in [0.3, 0.4) is 0 Å². The van der Waals surface area contributed by atoms with E-state index in [-0.39, 0.29) is 0 Å². The SMILES string of the molecule is CCCCCCCCc1cc(S(=O)(=O)O)c(O)cc1Oc1ccccc1. The minimum Gasteiger partial charge on any atom is -0.506 e. The highest BCUT2D eigenvalue weighted by atomic mass is 32.2. The summed E-state index contributed by atoms with van der Waals surface area (Å²) >= 11 is 0. The molecule has 0 aromatic heterocycles. The van der Waals surface area contributed by atoms with E-state index in [1.54, 1.807) is 12.1 Å². The maximum Gasteiger partial charge on any atom is 0.298 e. The van der Waals surface area contributed by atoms with Crippen molar-refractivity contribution in [2.75, 3.05) is 0 Å². The maximum absolute atomic E-state index is 11.5. The third-order valence-corrected chi connectivity index (χ3v) is 5.07. The van der Waals surface area contributed by atoms with Crippen LogP contribution in [0.1, 0.15) is 51.0 Å². The van der Waals surface area contributed by atoms with Crippen LogP contribution in [-0.2, 0) is 16.5 Å². The molecule has 0 aliphatic carbocycles. The van der Waals surface area contributed by atoms with E-state index >= 15 is 0 Å². The Morgan fingerprint density at radius 2 is 1.62 bits per heavy atom. The summed E-state index contributed by atoms with van der Waals surface area (Å²) in [5.41, 5.74) is 0.648. The molecule has 2 aromatic rings. The van der Waals surface area contributed by atoms with Crippen molar-refractivity contribution in [1.82, 2.24) is 0 Å². The average Bonchev–Trinajstić information content (AvgIpc) is 2.59. The summed E-state index contributed by atoms with van der Waals surface area (Å²) < 4.78 is 38.1. The molecular weight excluding hydrogens is 352 g/mol. The fourth-order valence-electron chi connectivity index (χ4n) is 2.80. The van der Waals surface area contributed by atoms with E-state index in [1.165, 1.54) is 31.4 Å². The quantitative estimate of drug-likeness (QED) is 0.431. The number of hydrogen-bond acceptors (Lipinski definition) is 4. The van der Waals surface area contributed by atoms with Gasteiger partial charge in [0.25, 0.3) is 10.1 Å². The van der Waals surface area contributed by atoms with E-state index in [1.807, 2.05) is 18.2 Å². The molecule has 5 nitrogen and oxygen atoms in total. The third-order valence-electron chi connectivity index (χ3n) is 4.19. The number of aromatic hydroxyl groups is 1. The summed E-state index contributed by atoms with van der Waals surface area (Å²) in [5, 5.41) is 9.98. The topological polar surface area (TPSA) is 83.8 Å². The lowest BCUT2D eigenvalue weighted by Gasteiger charge is -2.14. The standard InChI is InChI=1S/C20H26O5S/c1-2-3-4-5-6-8-11-16-14-20(26(22,23)24)18(21)15-19(16)25-17-12-9-7-10-13-17/h7,9-10,12-15,21H,2-6,8,11H2,1H3,(H,22,23,24). The molecule has 2 N–H and O–H groups in total. The number of phenols is 1. The summed E-state index contributed by atoms with van der Waals surface area (Å²) in [6.45, 7) is 2.17. The molecular formula is C20H26O5S. The van der Waals surface area contributed by atoms with Gasteiger partial charge in [0.2, 0.25) is 0 Å². The van der Waals surface area contributed by atoms with Crippen molar-refractivity contribution in [3.63, 3.8) is 0 Å². The van der Waals surface area contributed by atoms with E-state index in [2.05, 4.69) is 6.92 Å². The van der Waals surface area contributed by atoms with Crippen molar-refractivity contribution in [3.8, 4) is 17.2 Å². The number of benzene rings is 2. The molecule has 0 saturated carbocycles. The van der Waals surface area contributed by atoms with Gasteiger partial charge in [0, 0.05) is 6.07 Å². The van der Waals surface area contributed by atoms with Gasteiger partial charge in [0.15, 0.2) is 0 Å². The Labute approximate surface area is 155 Å². The molecule has 26 heavy (non-hydrogen) atoms. The van der Waals surface area contributed by atoms with Gasteiger partial charge in [-0.1, -0.05) is 57.2 Å². The molecule has 0 amide bonds. The van der Waals surface area contributed by atoms with Gasteiger partial charge < -0.3 is 9.84 Å². The molecule has 2 rings (SSSR count). The molecule has 0 aliphatic heterocycles.